The molecule has 0 amide bonds. The van der Waals surface area contributed by atoms with Gasteiger partial charge in [-0.1, -0.05) is 11.3 Å². The standard InChI is InChI=1S/C12H9F3N4O4S/c1-2-23-10(20)9-17-18(11(16)24-9)7-4-3-6(12(13,14)15)5-8(7)19(21)22/h3-5,16H,2H2,1H3. The Morgan fingerprint density at radius 3 is 2.71 bits per heavy atom. The van der Waals surface area contributed by atoms with Crippen LogP contribution in [0.4, 0.5) is 18.9 Å². The van der Waals surface area contributed by atoms with Crippen LogP contribution < -0.4 is 4.80 Å². The van der Waals surface area contributed by atoms with E-state index in [1.54, 1.807) is 6.92 Å². The predicted octanol–water partition coefficient (Wildman–Crippen LogP) is 2.52. The van der Waals surface area contributed by atoms with Crippen molar-refractivity contribution in [1.82, 2.24) is 9.78 Å². The molecular weight excluding hydrogens is 353 g/mol. The van der Waals surface area contributed by atoms with E-state index < -0.39 is 28.3 Å². The summed E-state index contributed by atoms with van der Waals surface area (Å²) in [5.74, 6) is -0.829. The first-order valence-electron chi connectivity index (χ1n) is 6.33. The van der Waals surface area contributed by atoms with E-state index in [1.807, 2.05) is 0 Å². The molecule has 0 unspecified atom stereocenters. The zero-order chi connectivity index (χ0) is 18.1. The van der Waals surface area contributed by atoms with E-state index in [4.69, 9.17) is 10.1 Å². The van der Waals surface area contributed by atoms with Crippen LogP contribution in [-0.4, -0.2) is 27.3 Å². The van der Waals surface area contributed by atoms with Crippen LogP contribution in [0.2, 0.25) is 0 Å². The molecule has 24 heavy (non-hydrogen) atoms. The van der Waals surface area contributed by atoms with E-state index in [9.17, 15) is 28.1 Å². The van der Waals surface area contributed by atoms with Gasteiger partial charge in [-0.05, 0) is 19.1 Å². The van der Waals surface area contributed by atoms with Gasteiger partial charge in [-0.15, -0.1) is 5.10 Å². The van der Waals surface area contributed by atoms with Gasteiger partial charge in [0.05, 0.1) is 17.1 Å². The molecule has 0 aliphatic heterocycles. The predicted molar refractivity (Wildman–Crippen MR) is 74.9 cm³/mol. The average molecular weight is 362 g/mol. The van der Waals surface area contributed by atoms with Crippen LogP contribution in [0.15, 0.2) is 18.2 Å². The zero-order valence-electron chi connectivity index (χ0n) is 12.0. The minimum absolute atomic E-state index is 0.0617. The molecule has 1 N–H and O–H groups in total. The molecule has 0 aliphatic carbocycles. The molecule has 128 valence electrons. The normalized spacial score (nSPS) is 11.3. The van der Waals surface area contributed by atoms with Gasteiger partial charge in [-0.25, -0.2) is 4.79 Å². The highest BCUT2D eigenvalue weighted by atomic mass is 32.1. The molecule has 0 radical (unpaired) electrons. The Kier molecular flexibility index (Phi) is 4.68. The minimum Gasteiger partial charge on any atom is -0.461 e. The second kappa shape index (κ2) is 6.39. The smallest absolute Gasteiger partial charge is 0.416 e. The molecular formula is C12H9F3N4O4S. The number of hydrogen-bond donors (Lipinski definition) is 1. The van der Waals surface area contributed by atoms with Crippen LogP contribution in [0.5, 0.6) is 0 Å². The third-order valence-corrected chi connectivity index (χ3v) is 3.56. The van der Waals surface area contributed by atoms with E-state index in [0.29, 0.717) is 23.5 Å². The number of nitro groups is 1. The molecule has 0 spiro atoms. The van der Waals surface area contributed by atoms with Crippen LogP contribution in [0.3, 0.4) is 0 Å². The fraction of sp³-hybridized carbons (Fsp3) is 0.250. The third kappa shape index (κ3) is 3.42. The van der Waals surface area contributed by atoms with E-state index in [1.165, 1.54) is 0 Å². The lowest BCUT2D eigenvalue weighted by Gasteiger charge is -2.08. The molecule has 0 bridgehead atoms. The molecule has 0 atom stereocenters. The van der Waals surface area contributed by atoms with E-state index in [2.05, 4.69) is 5.10 Å². The van der Waals surface area contributed by atoms with Crippen LogP contribution >= 0.6 is 11.3 Å². The summed E-state index contributed by atoms with van der Waals surface area (Å²) in [6.45, 7) is 1.62. The number of nitrogens with one attached hydrogen (secondary N) is 1. The van der Waals surface area contributed by atoms with Crippen LogP contribution in [0, 0.1) is 15.5 Å². The Labute approximate surface area is 135 Å². The monoisotopic (exact) mass is 362 g/mol. The number of ether oxygens (including phenoxy) is 1. The van der Waals surface area contributed by atoms with Crippen molar-refractivity contribution in [2.24, 2.45) is 0 Å². The van der Waals surface area contributed by atoms with E-state index in [0.717, 1.165) is 10.7 Å². The Morgan fingerprint density at radius 2 is 2.17 bits per heavy atom. The van der Waals surface area contributed by atoms with Crippen molar-refractivity contribution >= 4 is 23.0 Å². The summed E-state index contributed by atoms with van der Waals surface area (Å²) in [7, 11) is 0. The average Bonchev–Trinajstić information content (AvgIpc) is 2.88. The van der Waals surface area contributed by atoms with Crippen LogP contribution in [0.1, 0.15) is 22.3 Å². The Bertz CT molecular complexity index is 859. The molecule has 1 heterocycles. The largest absolute Gasteiger partial charge is 0.461 e. The molecule has 0 saturated carbocycles. The van der Waals surface area contributed by atoms with Gasteiger partial charge in [0.1, 0.15) is 5.69 Å². The second-order valence-corrected chi connectivity index (χ2v) is 5.28. The molecule has 2 rings (SSSR count). The van der Waals surface area contributed by atoms with Crippen molar-refractivity contribution in [3.63, 3.8) is 0 Å². The van der Waals surface area contributed by atoms with Gasteiger partial charge >= 0.3 is 12.1 Å². The number of esters is 1. The lowest BCUT2D eigenvalue weighted by atomic mass is 10.1. The Balaban J connectivity index is 2.59. The second-order valence-electron chi connectivity index (χ2n) is 4.30. The number of nitro benzene ring substituents is 1. The fourth-order valence-corrected chi connectivity index (χ4v) is 2.43. The molecule has 8 nitrogen and oxygen atoms in total. The first-order chi connectivity index (χ1) is 11.1. The van der Waals surface area contributed by atoms with Crippen molar-refractivity contribution in [2.75, 3.05) is 6.61 Å². The van der Waals surface area contributed by atoms with Gasteiger partial charge in [0.15, 0.2) is 0 Å². The van der Waals surface area contributed by atoms with E-state index >= 15 is 0 Å². The van der Waals surface area contributed by atoms with E-state index in [-0.39, 0.29) is 22.1 Å². The summed E-state index contributed by atoms with van der Waals surface area (Å²) in [4.78, 5) is 21.3. The summed E-state index contributed by atoms with van der Waals surface area (Å²) in [6.07, 6.45) is -4.75. The SMILES string of the molecule is CCOC(=O)c1nn(-c2ccc(C(F)(F)F)cc2[N+](=O)[O-])c(=N)s1. The lowest BCUT2D eigenvalue weighted by molar-refractivity contribution is -0.384. The van der Waals surface area contributed by atoms with Gasteiger partial charge in [-0.3, -0.25) is 15.5 Å². The third-order valence-electron chi connectivity index (χ3n) is 2.75. The van der Waals surface area contributed by atoms with Crippen molar-refractivity contribution in [1.29, 1.82) is 5.41 Å². The molecule has 0 saturated heterocycles. The number of benzene rings is 1. The molecule has 0 aliphatic rings. The number of carbonyl (C=O) groups is 1. The number of halogens is 3. The number of rotatable bonds is 4. The summed E-state index contributed by atoms with van der Waals surface area (Å²) >= 11 is 0.587. The van der Waals surface area contributed by atoms with Crippen LogP contribution in [0.25, 0.3) is 5.69 Å². The van der Waals surface area contributed by atoms with Gasteiger partial charge in [-0.2, -0.15) is 17.9 Å². The van der Waals surface area contributed by atoms with Gasteiger partial charge in [0.2, 0.25) is 9.81 Å². The van der Waals surface area contributed by atoms with Gasteiger partial charge in [0.25, 0.3) is 5.69 Å². The maximum absolute atomic E-state index is 12.7. The highest BCUT2D eigenvalue weighted by Gasteiger charge is 2.33. The Hall–Kier alpha value is -2.76. The number of carbonyl (C=O) groups excluding carboxylic acids is 1. The topological polar surface area (TPSA) is 111 Å². The lowest BCUT2D eigenvalue weighted by Crippen LogP contribution is -2.16. The maximum atomic E-state index is 12.7. The molecule has 0 fully saturated rings. The van der Waals surface area contributed by atoms with Crippen molar-refractivity contribution in [3.8, 4) is 5.69 Å². The van der Waals surface area contributed by atoms with Crippen molar-refractivity contribution < 1.29 is 27.6 Å². The highest BCUT2D eigenvalue weighted by Crippen LogP contribution is 2.33. The number of aromatic nitrogens is 2. The molecule has 1 aromatic heterocycles. The summed E-state index contributed by atoms with van der Waals surface area (Å²) in [5.41, 5.74) is -2.44. The summed E-state index contributed by atoms with van der Waals surface area (Å²) < 4.78 is 43.5. The molecule has 12 heteroatoms. The first kappa shape index (κ1) is 17.6. The zero-order valence-corrected chi connectivity index (χ0v) is 12.8. The minimum atomic E-state index is -4.75. The summed E-state index contributed by atoms with van der Waals surface area (Å²) in [5, 5.41) is 22.3. The van der Waals surface area contributed by atoms with Crippen molar-refractivity contribution in [3.05, 3.63) is 43.7 Å². The van der Waals surface area contributed by atoms with Gasteiger partial charge < -0.3 is 4.74 Å². The number of nitrogens with zero attached hydrogens (tertiary/aromatic N) is 3. The number of hydrogen-bond acceptors (Lipinski definition) is 7. The first-order valence-corrected chi connectivity index (χ1v) is 7.14. The van der Waals surface area contributed by atoms with Crippen molar-refractivity contribution in [2.45, 2.75) is 13.1 Å². The van der Waals surface area contributed by atoms with Crippen LogP contribution in [-0.2, 0) is 10.9 Å². The Morgan fingerprint density at radius 1 is 1.50 bits per heavy atom. The number of alkyl halides is 3. The highest BCUT2D eigenvalue weighted by molar-refractivity contribution is 7.10. The fourth-order valence-electron chi connectivity index (χ4n) is 1.76. The summed E-state index contributed by atoms with van der Waals surface area (Å²) in [6, 6.07) is 1.82. The molecule has 2 aromatic rings. The quantitative estimate of drug-likeness (QED) is 0.510. The molecule has 1 aromatic carbocycles. The maximum Gasteiger partial charge on any atom is 0.416 e. The van der Waals surface area contributed by atoms with Gasteiger partial charge in [0, 0.05) is 6.07 Å².